The van der Waals surface area contributed by atoms with Gasteiger partial charge in [0.15, 0.2) is 12.1 Å². The number of ether oxygens (including phenoxy) is 1. The number of piperidine rings is 1. The number of amides is 2. The van der Waals surface area contributed by atoms with E-state index < -0.39 is 23.3 Å². The fraction of sp³-hybridized carbons (Fsp3) is 0.500. The number of hydrogen-bond donors (Lipinski definition) is 5. The first-order valence-electron chi connectivity index (χ1n) is 9.98. The number of nitrogens with one attached hydrogen (secondary N) is 3. The molecule has 31 heavy (non-hydrogen) atoms. The molecule has 1 atom stereocenters. The average molecular weight is 433 g/mol. The molecule has 0 aliphatic carbocycles. The van der Waals surface area contributed by atoms with Crippen molar-refractivity contribution in [1.29, 1.82) is 0 Å². The van der Waals surface area contributed by atoms with Crippen molar-refractivity contribution in [2.75, 3.05) is 13.1 Å². The van der Waals surface area contributed by atoms with Crippen molar-refractivity contribution in [1.82, 2.24) is 25.7 Å². The summed E-state index contributed by atoms with van der Waals surface area (Å²) in [7, 11) is 0. The molecule has 1 fully saturated rings. The molecule has 11 heteroatoms. The Morgan fingerprint density at radius 1 is 1.29 bits per heavy atom. The van der Waals surface area contributed by atoms with Crippen LogP contribution in [0.15, 0.2) is 23.0 Å². The van der Waals surface area contributed by atoms with Gasteiger partial charge in [-0.15, -0.1) is 0 Å². The van der Waals surface area contributed by atoms with Gasteiger partial charge in [0.25, 0.3) is 11.5 Å². The van der Waals surface area contributed by atoms with E-state index in [0.29, 0.717) is 25.9 Å². The second-order valence-electron chi connectivity index (χ2n) is 8.44. The minimum Gasteiger partial charge on any atom is -0.444 e. The van der Waals surface area contributed by atoms with Crippen LogP contribution in [0.25, 0.3) is 10.9 Å². The van der Waals surface area contributed by atoms with E-state index in [1.807, 2.05) is 0 Å². The lowest BCUT2D eigenvalue weighted by Gasteiger charge is -2.33. The molecule has 3 rings (SSSR count). The highest BCUT2D eigenvalue weighted by atomic mass is 16.6. The summed E-state index contributed by atoms with van der Waals surface area (Å²) >= 11 is 0. The highest BCUT2D eigenvalue weighted by molar-refractivity contribution is 5.92. The van der Waals surface area contributed by atoms with Crippen LogP contribution < -0.4 is 16.4 Å². The third-order valence-electron chi connectivity index (χ3n) is 4.87. The molecule has 1 aromatic carbocycles. The van der Waals surface area contributed by atoms with Gasteiger partial charge in [0.1, 0.15) is 5.60 Å². The average Bonchev–Trinajstić information content (AvgIpc) is 2.71. The third-order valence-corrected chi connectivity index (χ3v) is 4.87. The Labute approximate surface area is 178 Å². The summed E-state index contributed by atoms with van der Waals surface area (Å²) in [5.41, 5.74) is 1.13. The number of aliphatic hydroxyl groups excluding tert-OH is 1. The number of hydrogen-bond acceptors (Lipinski definition) is 8. The topological polar surface area (TPSA) is 157 Å². The number of fused-ring (bicyclic) bond motifs is 1. The molecule has 1 aromatic heterocycles. The second kappa shape index (κ2) is 9.00. The maximum atomic E-state index is 12.6. The van der Waals surface area contributed by atoms with Gasteiger partial charge < -0.3 is 30.3 Å². The van der Waals surface area contributed by atoms with E-state index >= 15 is 0 Å². The first-order chi connectivity index (χ1) is 14.6. The van der Waals surface area contributed by atoms with Gasteiger partial charge in [-0.1, -0.05) is 6.07 Å². The Hall–Kier alpha value is -3.02. The quantitative estimate of drug-likeness (QED) is 0.353. The van der Waals surface area contributed by atoms with Crippen molar-refractivity contribution < 1.29 is 24.6 Å². The van der Waals surface area contributed by atoms with E-state index in [0.717, 1.165) is 0 Å². The van der Waals surface area contributed by atoms with E-state index in [4.69, 9.17) is 9.94 Å². The Morgan fingerprint density at radius 3 is 2.58 bits per heavy atom. The minimum atomic E-state index is -1.35. The van der Waals surface area contributed by atoms with Crippen molar-refractivity contribution in [3.8, 4) is 0 Å². The summed E-state index contributed by atoms with van der Waals surface area (Å²) in [6.07, 6.45) is -0.645. The molecule has 1 saturated heterocycles. The largest absolute Gasteiger partial charge is 0.444 e. The van der Waals surface area contributed by atoms with Gasteiger partial charge in [-0.3, -0.25) is 9.59 Å². The number of aromatic amines is 1. The van der Waals surface area contributed by atoms with Gasteiger partial charge >= 0.3 is 6.09 Å². The van der Waals surface area contributed by atoms with Gasteiger partial charge in [0.2, 0.25) is 0 Å². The Kier molecular flexibility index (Phi) is 6.58. The number of aliphatic hydroxyl groups is 1. The number of nitrogens with zero attached hydrogens (tertiary/aromatic N) is 2. The van der Waals surface area contributed by atoms with E-state index in [-0.39, 0.29) is 34.4 Å². The smallest absolute Gasteiger partial charge is 0.410 e. The lowest BCUT2D eigenvalue weighted by molar-refractivity contribution is 0.000768. The number of carbonyl (C=O) groups is 2. The first kappa shape index (κ1) is 22.7. The molecule has 168 valence electrons. The number of likely N-dealkylation sites (tertiary alicyclic amines) is 1. The van der Waals surface area contributed by atoms with Crippen molar-refractivity contribution in [3.05, 3.63) is 39.9 Å². The van der Waals surface area contributed by atoms with Crippen LogP contribution in [0.2, 0.25) is 0 Å². The van der Waals surface area contributed by atoms with Crippen molar-refractivity contribution in [2.24, 2.45) is 0 Å². The minimum absolute atomic E-state index is 0.157. The van der Waals surface area contributed by atoms with E-state index in [1.54, 1.807) is 31.2 Å². The number of aromatic nitrogens is 2. The molecule has 0 radical (unpaired) electrons. The van der Waals surface area contributed by atoms with E-state index in [2.05, 4.69) is 15.3 Å². The van der Waals surface area contributed by atoms with Crippen LogP contribution in [-0.4, -0.2) is 61.9 Å². The van der Waals surface area contributed by atoms with Crippen molar-refractivity contribution in [2.45, 2.75) is 51.5 Å². The predicted octanol–water partition coefficient (Wildman–Crippen LogP) is 1.02. The molecule has 2 amide bonds. The summed E-state index contributed by atoms with van der Waals surface area (Å²) in [5, 5.41) is 21.6. The number of rotatable bonds is 4. The Bertz CT molecular complexity index is 1020. The SMILES string of the molecule is CC(C)(C)OC(=O)N1CCC(NC(=O)c2nc3cc(C(O)NO)ccc3c(=O)[nH]2)CC1. The van der Waals surface area contributed by atoms with Gasteiger partial charge in [0, 0.05) is 19.1 Å². The van der Waals surface area contributed by atoms with Gasteiger partial charge in [-0.05, 0) is 51.3 Å². The van der Waals surface area contributed by atoms with Crippen LogP contribution >= 0.6 is 0 Å². The van der Waals surface area contributed by atoms with Gasteiger partial charge in [-0.25, -0.2) is 9.78 Å². The van der Waals surface area contributed by atoms with Crippen molar-refractivity contribution in [3.63, 3.8) is 0 Å². The Balaban J connectivity index is 1.67. The standard InChI is InChI=1S/C20H27N5O6/c1-20(2,3)31-19(29)25-8-6-12(7-9-25)21-18(28)15-22-14-10-11(16(26)24-30)4-5-13(14)17(27)23-15/h4-5,10,12,16,24,26,30H,6-9H2,1-3H3,(H,21,28)(H,22,23,27). The van der Waals surface area contributed by atoms with Crippen LogP contribution in [0, 0.1) is 0 Å². The lowest BCUT2D eigenvalue weighted by atomic mass is 10.1. The summed E-state index contributed by atoms with van der Waals surface area (Å²) in [6, 6.07) is 4.14. The lowest BCUT2D eigenvalue weighted by Crippen LogP contribution is -2.48. The van der Waals surface area contributed by atoms with Crippen LogP contribution in [0.4, 0.5) is 4.79 Å². The predicted molar refractivity (Wildman–Crippen MR) is 111 cm³/mol. The van der Waals surface area contributed by atoms with Crippen molar-refractivity contribution >= 4 is 22.9 Å². The molecular weight excluding hydrogens is 406 g/mol. The third kappa shape index (κ3) is 5.57. The molecule has 2 aromatic rings. The summed E-state index contributed by atoms with van der Waals surface area (Å²) < 4.78 is 5.36. The molecule has 11 nitrogen and oxygen atoms in total. The zero-order chi connectivity index (χ0) is 22.8. The normalized spacial score (nSPS) is 16.2. The summed E-state index contributed by atoms with van der Waals surface area (Å²) in [4.78, 5) is 45.4. The van der Waals surface area contributed by atoms with Crippen LogP contribution in [0.5, 0.6) is 0 Å². The van der Waals surface area contributed by atoms with Crippen LogP contribution in [-0.2, 0) is 4.74 Å². The second-order valence-corrected chi connectivity index (χ2v) is 8.44. The molecule has 2 heterocycles. The maximum absolute atomic E-state index is 12.6. The Morgan fingerprint density at radius 2 is 1.97 bits per heavy atom. The molecular formula is C20H27N5O6. The van der Waals surface area contributed by atoms with Crippen LogP contribution in [0.3, 0.4) is 0 Å². The van der Waals surface area contributed by atoms with E-state index in [1.165, 1.54) is 18.2 Å². The number of hydroxylamine groups is 1. The zero-order valence-electron chi connectivity index (χ0n) is 17.6. The highest BCUT2D eigenvalue weighted by Crippen LogP contribution is 2.17. The fourth-order valence-electron chi connectivity index (χ4n) is 3.30. The molecule has 5 N–H and O–H groups in total. The molecule has 0 saturated carbocycles. The maximum Gasteiger partial charge on any atom is 0.410 e. The zero-order valence-corrected chi connectivity index (χ0v) is 17.6. The number of carbonyl (C=O) groups excluding carboxylic acids is 2. The molecule has 0 spiro atoms. The van der Waals surface area contributed by atoms with E-state index in [9.17, 15) is 19.5 Å². The summed E-state index contributed by atoms with van der Waals surface area (Å²) in [6.45, 7) is 6.30. The number of benzene rings is 1. The molecule has 0 bridgehead atoms. The van der Waals surface area contributed by atoms with Crippen LogP contribution in [0.1, 0.15) is 56.0 Å². The van der Waals surface area contributed by atoms with Gasteiger partial charge in [0.05, 0.1) is 10.9 Å². The molecule has 1 aliphatic rings. The first-order valence-corrected chi connectivity index (χ1v) is 9.98. The molecule has 1 aliphatic heterocycles. The highest BCUT2D eigenvalue weighted by Gasteiger charge is 2.28. The molecule has 1 unspecified atom stereocenters. The monoisotopic (exact) mass is 433 g/mol. The van der Waals surface area contributed by atoms with Gasteiger partial charge in [-0.2, -0.15) is 5.48 Å². The summed E-state index contributed by atoms with van der Waals surface area (Å²) in [5.74, 6) is -0.698. The fourth-order valence-corrected chi connectivity index (χ4v) is 3.30. The number of H-pyrrole nitrogens is 1.